The number of aromatic nitrogens is 2. The van der Waals surface area contributed by atoms with Crippen molar-refractivity contribution >= 4 is 33.4 Å². The molecule has 1 fully saturated rings. The number of hydroxylamine groups is 2. The van der Waals surface area contributed by atoms with Gasteiger partial charge >= 0.3 is 0 Å². The molecule has 3 heterocycles. The van der Waals surface area contributed by atoms with Crippen LogP contribution in [-0.2, 0) is 9.57 Å². The van der Waals surface area contributed by atoms with Crippen molar-refractivity contribution in [3.8, 4) is 0 Å². The smallest absolute Gasteiger partial charge is 0.287 e. The van der Waals surface area contributed by atoms with E-state index >= 15 is 0 Å². The van der Waals surface area contributed by atoms with Gasteiger partial charge in [0, 0.05) is 31.7 Å². The molecular weight excluding hydrogens is 292 g/mol. The Bertz CT molecular complexity index is 654. The SMILES string of the molecule is CON(C)C(=O)c1cc2cnc(N3CCOCC3)nc2s1. The molecule has 112 valence electrons. The van der Waals surface area contributed by atoms with Gasteiger partial charge in [0.15, 0.2) is 0 Å². The number of hydrogen-bond acceptors (Lipinski definition) is 7. The summed E-state index contributed by atoms with van der Waals surface area (Å²) in [7, 11) is 3.04. The molecule has 0 saturated carbocycles. The fourth-order valence-electron chi connectivity index (χ4n) is 2.08. The summed E-state index contributed by atoms with van der Waals surface area (Å²) >= 11 is 1.35. The zero-order valence-corrected chi connectivity index (χ0v) is 12.7. The molecule has 3 rings (SSSR count). The lowest BCUT2D eigenvalue weighted by atomic mass is 10.3. The van der Waals surface area contributed by atoms with Gasteiger partial charge in [0.05, 0.1) is 25.2 Å². The average molecular weight is 308 g/mol. The number of morpholine rings is 1. The highest BCUT2D eigenvalue weighted by Crippen LogP contribution is 2.26. The topological polar surface area (TPSA) is 67.8 Å². The Labute approximate surface area is 126 Å². The van der Waals surface area contributed by atoms with Crippen LogP contribution in [0.3, 0.4) is 0 Å². The van der Waals surface area contributed by atoms with Gasteiger partial charge in [-0.1, -0.05) is 0 Å². The monoisotopic (exact) mass is 308 g/mol. The van der Waals surface area contributed by atoms with Crippen LogP contribution in [0.1, 0.15) is 9.67 Å². The molecule has 0 spiro atoms. The van der Waals surface area contributed by atoms with Crippen LogP contribution >= 0.6 is 11.3 Å². The largest absolute Gasteiger partial charge is 0.378 e. The van der Waals surface area contributed by atoms with E-state index in [4.69, 9.17) is 9.57 Å². The lowest BCUT2D eigenvalue weighted by Gasteiger charge is -2.26. The highest BCUT2D eigenvalue weighted by Gasteiger charge is 2.18. The van der Waals surface area contributed by atoms with Crippen molar-refractivity contribution in [2.45, 2.75) is 0 Å². The summed E-state index contributed by atoms with van der Waals surface area (Å²) < 4.78 is 5.32. The van der Waals surface area contributed by atoms with Crippen LogP contribution in [0.4, 0.5) is 5.95 Å². The van der Waals surface area contributed by atoms with Gasteiger partial charge in [0.25, 0.3) is 5.91 Å². The Morgan fingerprint density at radius 2 is 2.24 bits per heavy atom. The van der Waals surface area contributed by atoms with Gasteiger partial charge in [-0.05, 0) is 6.07 Å². The molecular formula is C13H16N4O3S. The normalized spacial score (nSPS) is 15.4. The van der Waals surface area contributed by atoms with E-state index in [-0.39, 0.29) is 5.91 Å². The molecule has 0 aliphatic carbocycles. The molecule has 1 amide bonds. The molecule has 2 aromatic rings. The first-order valence-corrected chi connectivity index (χ1v) is 7.42. The number of carbonyl (C=O) groups is 1. The van der Waals surface area contributed by atoms with Crippen molar-refractivity contribution in [3.05, 3.63) is 17.1 Å². The van der Waals surface area contributed by atoms with Crippen molar-refractivity contribution in [2.75, 3.05) is 45.4 Å². The summed E-state index contributed by atoms with van der Waals surface area (Å²) in [6.07, 6.45) is 1.76. The molecule has 1 aliphatic rings. The molecule has 0 N–H and O–H groups in total. The van der Waals surface area contributed by atoms with Crippen molar-refractivity contribution in [2.24, 2.45) is 0 Å². The van der Waals surface area contributed by atoms with Crippen LogP contribution in [0.5, 0.6) is 0 Å². The van der Waals surface area contributed by atoms with Crippen LogP contribution in [0, 0.1) is 0 Å². The van der Waals surface area contributed by atoms with Crippen molar-refractivity contribution < 1.29 is 14.4 Å². The standard InChI is InChI=1S/C13H16N4O3S/c1-16(19-2)12(18)10-7-9-8-14-13(15-11(9)21-10)17-3-5-20-6-4-17/h7-8H,3-6H2,1-2H3. The number of fused-ring (bicyclic) bond motifs is 1. The molecule has 0 radical (unpaired) electrons. The zero-order valence-electron chi connectivity index (χ0n) is 11.9. The van der Waals surface area contributed by atoms with E-state index in [0.29, 0.717) is 24.0 Å². The Hall–Kier alpha value is -1.77. The first kappa shape index (κ1) is 14.2. The summed E-state index contributed by atoms with van der Waals surface area (Å²) in [6, 6.07) is 1.79. The third-order valence-electron chi connectivity index (χ3n) is 3.33. The lowest BCUT2D eigenvalue weighted by Crippen LogP contribution is -2.37. The van der Waals surface area contributed by atoms with Gasteiger partial charge in [0.2, 0.25) is 5.95 Å². The Morgan fingerprint density at radius 1 is 1.48 bits per heavy atom. The summed E-state index contributed by atoms with van der Waals surface area (Å²) in [5, 5.41) is 2.06. The van der Waals surface area contributed by atoms with Crippen LogP contribution in [-0.4, -0.2) is 61.4 Å². The highest BCUT2D eigenvalue weighted by atomic mass is 32.1. The quantitative estimate of drug-likeness (QED) is 0.793. The molecule has 21 heavy (non-hydrogen) atoms. The van der Waals surface area contributed by atoms with Crippen LogP contribution in [0.25, 0.3) is 10.2 Å². The molecule has 1 saturated heterocycles. The number of rotatable bonds is 3. The second-order valence-electron chi connectivity index (χ2n) is 4.63. The molecule has 0 aromatic carbocycles. The predicted molar refractivity (Wildman–Crippen MR) is 79.5 cm³/mol. The molecule has 0 bridgehead atoms. The first-order chi connectivity index (χ1) is 10.2. The summed E-state index contributed by atoms with van der Waals surface area (Å²) in [6.45, 7) is 2.95. The van der Waals surface area contributed by atoms with Gasteiger partial charge in [-0.2, -0.15) is 0 Å². The fourth-order valence-corrected chi connectivity index (χ4v) is 3.05. The lowest BCUT2D eigenvalue weighted by molar-refractivity contribution is -0.0753. The summed E-state index contributed by atoms with van der Waals surface area (Å²) in [4.78, 5) is 29.4. The predicted octanol–water partition coefficient (Wildman–Crippen LogP) is 1.16. The van der Waals surface area contributed by atoms with E-state index in [1.807, 2.05) is 0 Å². The number of carbonyl (C=O) groups excluding carboxylic acids is 1. The maximum Gasteiger partial charge on any atom is 0.287 e. The van der Waals surface area contributed by atoms with Gasteiger partial charge in [0.1, 0.15) is 4.83 Å². The minimum Gasteiger partial charge on any atom is -0.378 e. The number of hydrogen-bond donors (Lipinski definition) is 0. The van der Waals surface area contributed by atoms with E-state index in [1.165, 1.54) is 23.5 Å². The van der Waals surface area contributed by atoms with Crippen molar-refractivity contribution in [1.29, 1.82) is 0 Å². The number of nitrogens with zero attached hydrogens (tertiary/aromatic N) is 4. The van der Waals surface area contributed by atoms with E-state index in [0.717, 1.165) is 23.3 Å². The summed E-state index contributed by atoms with van der Waals surface area (Å²) in [5.74, 6) is 0.500. The van der Waals surface area contributed by atoms with Gasteiger partial charge in [-0.25, -0.2) is 15.0 Å². The number of thiophene rings is 1. The first-order valence-electron chi connectivity index (χ1n) is 6.60. The third kappa shape index (κ3) is 2.82. The van der Waals surface area contributed by atoms with Crippen LogP contribution in [0.15, 0.2) is 12.3 Å². The minimum absolute atomic E-state index is 0.187. The zero-order chi connectivity index (χ0) is 14.8. The molecule has 0 unspecified atom stereocenters. The third-order valence-corrected chi connectivity index (χ3v) is 4.36. The molecule has 7 nitrogen and oxygen atoms in total. The van der Waals surface area contributed by atoms with E-state index in [1.54, 1.807) is 19.3 Å². The Kier molecular flexibility index (Phi) is 4.00. The minimum atomic E-state index is -0.187. The van der Waals surface area contributed by atoms with Crippen LogP contribution < -0.4 is 4.90 Å². The molecule has 0 atom stereocenters. The van der Waals surface area contributed by atoms with Gasteiger partial charge in [-0.15, -0.1) is 11.3 Å². The van der Waals surface area contributed by atoms with E-state index in [9.17, 15) is 4.79 Å². The van der Waals surface area contributed by atoms with E-state index < -0.39 is 0 Å². The Morgan fingerprint density at radius 3 is 2.95 bits per heavy atom. The Balaban J connectivity index is 1.89. The number of ether oxygens (including phenoxy) is 1. The van der Waals surface area contributed by atoms with Gasteiger partial charge in [-0.3, -0.25) is 9.63 Å². The van der Waals surface area contributed by atoms with Crippen molar-refractivity contribution in [3.63, 3.8) is 0 Å². The summed E-state index contributed by atoms with van der Waals surface area (Å²) in [5.41, 5.74) is 0. The fraction of sp³-hybridized carbons (Fsp3) is 0.462. The average Bonchev–Trinajstić information content (AvgIpc) is 2.97. The second kappa shape index (κ2) is 5.92. The highest BCUT2D eigenvalue weighted by molar-refractivity contribution is 7.20. The van der Waals surface area contributed by atoms with Crippen molar-refractivity contribution in [1.82, 2.24) is 15.0 Å². The maximum absolute atomic E-state index is 12.1. The number of anilines is 1. The molecule has 2 aromatic heterocycles. The van der Waals surface area contributed by atoms with E-state index in [2.05, 4.69) is 14.9 Å². The molecule has 8 heteroatoms. The van der Waals surface area contributed by atoms with Gasteiger partial charge < -0.3 is 9.64 Å². The molecule has 1 aliphatic heterocycles. The second-order valence-corrected chi connectivity index (χ2v) is 5.66. The number of amides is 1. The maximum atomic E-state index is 12.1. The van der Waals surface area contributed by atoms with Crippen LogP contribution in [0.2, 0.25) is 0 Å².